The molecule has 4 rings (SSSR count). The maximum absolute atomic E-state index is 13.6. The van der Waals surface area contributed by atoms with Gasteiger partial charge in [0.2, 0.25) is 5.91 Å². The monoisotopic (exact) mass is 441 g/mol. The third-order valence-electron chi connectivity index (χ3n) is 5.35. The Kier molecular flexibility index (Phi) is 6.29. The Morgan fingerprint density at radius 2 is 2.10 bits per heavy atom. The minimum absolute atomic E-state index is 0.0247. The second kappa shape index (κ2) is 8.94. The molecule has 5 nitrogen and oxygen atoms in total. The lowest BCUT2D eigenvalue weighted by Crippen LogP contribution is -2.29. The first-order valence-corrected chi connectivity index (χ1v) is 12.3. The maximum atomic E-state index is 13.6. The van der Waals surface area contributed by atoms with Gasteiger partial charge in [0.15, 0.2) is 5.16 Å². The molecule has 2 heterocycles. The van der Waals surface area contributed by atoms with Crippen molar-refractivity contribution in [3.8, 4) is 5.69 Å². The van der Waals surface area contributed by atoms with E-state index < -0.39 is 0 Å². The number of benzene rings is 1. The molecule has 1 unspecified atom stereocenters. The molecule has 1 amide bonds. The summed E-state index contributed by atoms with van der Waals surface area (Å²) in [5.74, 6) is 1.23. The highest BCUT2D eigenvalue weighted by Crippen LogP contribution is 2.36. The van der Waals surface area contributed by atoms with Crippen molar-refractivity contribution in [2.24, 2.45) is 11.8 Å². The van der Waals surface area contributed by atoms with Crippen LogP contribution in [0.15, 0.2) is 40.3 Å². The van der Waals surface area contributed by atoms with Crippen molar-refractivity contribution >= 4 is 39.2 Å². The largest absolute Gasteiger partial charge is 0.355 e. The number of nitrogens with zero attached hydrogens (tertiary/aromatic N) is 2. The highest BCUT2D eigenvalue weighted by atomic mass is 32.2. The quantitative estimate of drug-likeness (QED) is 0.454. The van der Waals surface area contributed by atoms with Gasteiger partial charge in [-0.25, -0.2) is 4.98 Å². The molecule has 0 radical (unpaired) electrons. The van der Waals surface area contributed by atoms with Gasteiger partial charge < -0.3 is 5.32 Å². The summed E-state index contributed by atoms with van der Waals surface area (Å²) in [4.78, 5) is 32.9. The van der Waals surface area contributed by atoms with Crippen LogP contribution in [0.3, 0.4) is 0 Å². The molecule has 1 N–H and O–H groups in total. The smallest absolute Gasteiger partial charge is 0.267 e. The molecular formula is C23H27N3O2S2. The summed E-state index contributed by atoms with van der Waals surface area (Å²) < 4.78 is 1.67. The number of carbonyl (C=O) groups excluding carboxylic acids is 1. The van der Waals surface area contributed by atoms with E-state index in [1.165, 1.54) is 22.2 Å². The molecule has 158 valence electrons. The topological polar surface area (TPSA) is 64.0 Å². The average molecular weight is 442 g/mol. The van der Waals surface area contributed by atoms with E-state index >= 15 is 0 Å². The van der Waals surface area contributed by atoms with Gasteiger partial charge in [0, 0.05) is 11.4 Å². The van der Waals surface area contributed by atoms with Gasteiger partial charge in [-0.15, -0.1) is 11.3 Å². The summed E-state index contributed by atoms with van der Waals surface area (Å²) in [6.07, 6.45) is 3.06. The van der Waals surface area contributed by atoms with Crippen molar-refractivity contribution in [2.45, 2.75) is 45.2 Å². The Morgan fingerprint density at radius 1 is 1.33 bits per heavy atom. The number of para-hydroxylation sites is 1. The Hall–Kier alpha value is -2.12. The Morgan fingerprint density at radius 3 is 2.83 bits per heavy atom. The number of rotatable bonds is 6. The molecule has 7 heteroatoms. The molecule has 0 aliphatic heterocycles. The molecule has 1 aliphatic rings. The summed E-state index contributed by atoms with van der Waals surface area (Å²) in [6.45, 7) is 7.04. The van der Waals surface area contributed by atoms with Crippen molar-refractivity contribution in [2.75, 3.05) is 12.3 Å². The van der Waals surface area contributed by atoms with E-state index in [0.29, 0.717) is 23.5 Å². The number of thiophene rings is 1. The first kappa shape index (κ1) is 21.1. The van der Waals surface area contributed by atoms with E-state index in [4.69, 9.17) is 4.98 Å². The van der Waals surface area contributed by atoms with E-state index in [1.807, 2.05) is 30.3 Å². The Labute approximate surface area is 184 Å². The fourth-order valence-electron chi connectivity index (χ4n) is 3.77. The summed E-state index contributed by atoms with van der Waals surface area (Å²) in [7, 11) is 0. The van der Waals surface area contributed by atoms with Crippen LogP contribution < -0.4 is 10.9 Å². The molecular weight excluding hydrogens is 414 g/mol. The number of hydrogen-bond acceptors (Lipinski definition) is 5. The van der Waals surface area contributed by atoms with E-state index in [0.717, 1.165) is 35.2 Å². The molecule has 1 aliphatic carbocycles. The van der Waals surface area contributed by atoms with Crippen molar-refractivity contribution in [1.82, 2.24) is 14.9 Å². The van der Waals surface area contributed by atoms with Gasteiger partial charge >= 0.3 is 0 Å². The summed E-state index contributed by atoms with van der Waals surface area (Å²) in [6, 6.07) is 9.60. The molecule has 3 aromatic rings. The second-order valence-corrected chi connectivity index (χ2v) is 10.4. The molecule has 2 aromatic heterocycles. The van der Waals surface area contributed by atoms with Gasteiger partial charge in [-0.1, -0.05) is 50.7 Å². The molecule has 1 atom stereocenters. The lowest BCUT2D eigenvalue weighted by atomic mass is 9.89. The maximum Gasteiger partial charge on any atom is 0.267 e. The van der Waals surface area contributed by atoms with Crippen LogP contribution in [0.5, 0.6) is 0 Å². The second-order valence-electron chi connectivity index (χ2n) is 8.39. The van der Waals surface area contributed by atoms with Crippen molar-refractivity contribution in [3.05, 3.63) is 51.1 Å². The first-order chi connectivity index (χ1) is 14.4. The molecule has 0 bridgehead atoms. The standard InChI is InChI=1S/C23H27N3O2S2/c1-14(2)12-24-19(27)13-29-23-25-21-20(17-10-9-15(3)11-18(17)30-21)22(28)26(23)16-7-5-4-6-8-16/h4-8,14-15H,9-13H2,1-3H3,(H,24,27). The van der Waals surface area contributed by atoms with Crippen LogP contribution in [-0.2, 0) is 17.6 Å². The predicted molar refractivity (Wildman–Crippen MR) is 125 cm³/mol. The Bertz CT molecular complexity index is 1120. The number of thioether (sulfide) groups is 1. The molecule has 0 fully saturated rings. The number of aromatic nitrogens is 2. The Balaban J connectivity index is 1.76. The van der Waals surface area contributed by atoms with Gasteiger partial charge in [-0.05, 0) is 48.8 Å². The minimum Gasteiger partial charge on any atom is -0.355 e. The molecule has 0 saturated carbocycles. The third-order valence-corrected chi connectivity index (χ3v) is 7.44. The molecule has 30 heavy (non-hydrogen) atoms. The van der Waals surface area contributed by atoms with Gasteiger partial charge in [0.05, 0.1) is 16.8 Å². The van der Waals surface area contributed by atoms with Gasteiger partial charge in [0.25, 0.3) is 5.56 Å². The van der Waals surface area contributed by atoms with Crippen LogP contribution >= 0.6 is 23.1 Å². The third kappa shape index (κ3) is 4.32. The van der Waals surface area contributed by atoms with Crippen LogP contribution in [0.25, 0.3) is 15.9 Å². The minimum atomic E-state index is -0.0399. The van der Waals surface area contributed by atoms with Crippen molar-refractivity contribution < 1.29 is 4.79 Å². The number of aryl methyl sites for hydroxylation is 1. The molecule has 0 saturated heterocycles. The highest BCUT2D eigenvalue weighted by Gasteiger charge is 2.25. The summed E-state index contributed by atoms with van der Waals surface area (Å²) in [5, 5.41) is 4.27. The fourth-order valence-corrected chi connectivity index (χ4v) is 6.04. The van der Waals surface area contributed by atoms with E-state index in [2.05, 4.69) is 26.1 Å². The van der Waals surface area contributed by atoms with Gasteiger partial charge in [-0.3, -0.25) is 14.2 Å². The highest BCUT2D eigenvalue weighted by molar-refractivity contribution is 7.99. The van der Waals surface area contributed by atoms with Crippen LogP contribution in [0.2, 0.25) is 0 Å². The zero-order valence-electron chi connectivity index (χ0n) is 17.6. The van der Waals surface area contributed by atoms with Crippen molar-refractivity contribution in [3.63, 3.8) is 0 Å². The number of hydrogen-bond donors (Lipinski definition) is 1. The van der Waals surface area contributed by atoms with Crippen LogP contribution in [-0.4, -0.2) is 27.8 Å². The number of nitrogens with one attached hydrogen (secondary N) is 1. The lowest BCUT2D eigenvalue weighted by molar-refractivity contribution is -0.118. The number of amides is 1. The van der Waals surface area contributed by atoms with E-state index in [-0.39, 0.29) is 17.2 Å². The SMILES string of the molecule is CC(C)CNC(=O)CSc1nc2sc3c(c2c(=O)n1-c1ccccc1)CCC(C)C3. The molecule has 1 aromatic carbocycles. The predicted octanol–water partition coefficient (Wildman–Crippen LogP) is 4.44. The van der Waals surface area contributed by atoms with E-state index in [1.54, 1.807) is 15.9 Å². The van der Waals surface area contributed by atoms with Crippen molar-refractivity contribution in [1.29, 1.82) is 0 Å². The van der Waals surface area contributed by atoms with E-state index in [9.17, 15) is 9.59 Å². The molecule has 0 spiro atoms. The lowest BCUT2D eigenvalue weighted by Gasteiger charge is -2.17. The zero-order valence-corrected chi connectivity index (χ0v) is 19.2. The normalized spacial score (nSPS) is 16.1. The van der Waals surface area contributed by atoms with Gasteiger partial charge in [-0.2, -0.15) is 0 Å². The van der Waals surface area contributed by atoms with Crippen LogP contribution in [0.4, 0.5) is 0 Å². The van der Waals surface area contributed by atoms with Gasteiger partial charge in [0.1, 0.15) is 4.83 Å². The summed E-state index contributed by atoms with van der Waals surface area (Å²) >= 11 is 2.97. The first-order valence-electron chi connectivity index (χ1n) is 10.5. The summed E-state index contributed by atoms with van der Waals surface area (Å²) in [5.41, 5.74) is 1.94. The number of carbonyl (C=O) groups is 1. The zero-order chi connectivity index (χ0) is 21.3. The van der Waals surface area contributed by atoms with Crippen LogP contribution in [0.1, 0.15) is 37.6 Å². The average Bonchev–Trinajstić information content (AvgIpc) is 3.08. The van der Waals surface area contributed by atoms with Crippen LogP contribution in [0, 0.1) is 11.8 Å². The number of fused-ring (bicyclic) bond motifs is 3. The fraction of sp³-hybridized carbons (Fsp3) is 0.435.